The van der Waals surface area contributed by atoms with E-state index in [2.05, 4.69) is 16.0 Å². The lowest BCUT2D eigenvalue weighted by atomic mass is 10.1. The van der Waals surface area contributed by atoms with Gasteiger partial charge in [0.15, 0.2) is 0 Å². The van der Waals surface area contributed by atoms with Gasteiger partial charge in [0.05, 0.1) is 22.2 Å². The molecular formula is C24H17Cl5FN3O2. The van der Waals surface area contributed by atoms with Crippen LogP contribution in [0.2, 0.25) is 15.1 Å². The van der Waals surface area contributed by atoms with Crippen molar-refractivity contribution in [3.63, 3.8) is 0 Å². The molecule has 3 aromatic rings. The Bertz CT molecular complexity index is 1310. The molecule has 5 nitrogen and oxygen atoms in total. The van der Waals surface area contributed by atoms with Gasteiger partial charge in [-0.2, -0.15) is 0 Å². The summed E-state index contributed by atoms with van der Waals surface area (Å²) in [6, 6.07) is 13.5. The standard InChI is InChI=1S/C24H17Cl5FN3O2/c1-31-19-5-3-15(10-18(19)30)32-22(34)16-9-14(2-4-17(16)27)33-23(35)21-20(24(21,28)29)11-6-12(25)8-13(26)7-11/h2-10,20-21,31H,1H3,(H,32,34)(H,33,35)/t20-,21+/m1/s1. The molecule has 0 aliphatic heterocycles. The second-order valence-corrected chi connectivity index (χ2v) is 10.6. The van der Waals surface area contributed by atoms with Gasteiger partial charge in [-0.25, -0.2) is 4.39 Å². The van der Waals surface area contributed by atoms with E-state index in [9.17, 15) is 14.0 Å². The zero-order valence-electron chi connectivity index (χ0n) is 17.9. The zero-order chi connectivity index (χ0) is 25.5. The molecule has 0 spiro atoms. The number of carbonyl (C=O) groups excluding carboxylic acids is 2. The van der Waals surface area contributed by atoms with E-state index in [0.29, 0.717) is 27.0 Å². The number of anilines is 3. The lowest BCUT2D eigenvalue weighted by Crippen LogP contribution is -2.18. The summed E-state index contributed by atoms with van der Waals surface area (Å²) in [5, 5.41) is 8.95. The Morgan fingerprint density at radius 1 is 0.886 bits per heavy atom. The number of carbonyl (C=O) groups is 2. The van der Waals surface area contributed by atoms with Crippen molar-refractivity contribution in [3.05, 3.63) is 86.6 Å². The molecule has 4 rings (SSSR count). The Kier molecular flexibility index (Phi) is 7.41. The lowest BCUT2D eigenvalue weighted by molar-refractivity contribution is -0.117. The van der Waals surface area contributed by atoms with Crippen LogP contribution in [0.15, 0.2) is 54.6 Å². The molecule has 0 saturated heterocycles. The molecule has 3 aromatic carbocycles. The molecule has 1 aliphatic rings. The number of halogens is 6. The Balaban J connectivity index is 1.50. The second-order valence-electron chi connectivity index (χ2n) is 7.92. The van der Waals surface area contributed by atoms with Gasteiger partial charge in [0.25, 0.3) is 5.91 Å². The second kappa shape index (κ2) is 10.0. The molecule has 0 bridgehead atoms. The fraction of sp³-hybridized carbons (Fsp3) is 0.167. The van der Waals surface area contributed by atoms with Crippen LogP contribution in [-0.4, -0.2) is 23.2 Å². The van der Waals surface area contributed by atoms with Crippen molar-refractivity contribution in [1.29, 1.82) is 0 Å². The van der Waals surface area contributed by atoms with Crippen LogP contribution in [-0.2, 0) is 4.79 Å². The molecule has 1 fully saturated rings. The zero-order valence-corrected chi connectivity index (χ0v) is 21.7. The van der Waals surface area contributed by atoms with E-state index >= 15 is 0 Å². The summed E-state index contributed by atoms with van der Waals surface area (Å²) in [6.07, 6.45) is 0. The van der Waals surface area contributed by atoms with Crippen molar-refractivity contribution in [2.24, 2.45) is 5.92 Å². The Morgan fingerprint density at radius 2 is 1.51 bits per heavy atom. The summed E-state index contributed by atoms with van der Waals surface area (Å²) in [6.45, 7) is 0. The molecule has 2 amide bonds. The van der Waals surface area contributed by atoms with Crippen LogP contribution >= 0.6 is 58.0 Å². The highest BCUT2D eigenvalue weighted by molar-refractivity contribution is 6.53. The van der Waals surface area contributed by atoms with Gasteiger partial charge < -0.3 is 16.0 Å². The Morgan fingerprint density at radius 3 is 2.14 bits per heavy atom. The maximum absolute atomic E-state index is 14.0. The predicted molar refractivity (Wildman–Crippen MR) is 141 cm³/mol. The summed E-state index contributed by atoms with van der Waals surface area (Å²) < 4.78 is 12.7. The van der Waals surface area contributed by atoms with Gasteiger partial charge in [-0.3, -0.25) is 9.59 Å². The first kappa shape index (κ1) is 25.9. The SMILES string of the molecule is CNc1ccc(NC(=O)c2cc(NC(=O)[C@@H]3[C@@H](c4cc(Cl)cc(Cl)c4)C3(Cl)Cl)ccc2Cl)cc1F. The van der Waals surface area contributed by atoms with Crippen LogP contribution in [0.25, 0.3) is 0 Å². The van der Waals surface area contributed by atoms with Gasteiger partial charge in [-0.05, 0) is 60.2 Å². The van der Waals surface area contributed by atoms with Gasteiger partial charge in [-0.1, -0.05) is 34.8 Å². The Labute approximate surface area is 225 Å². The first-order chi connectivity index (χ1) is 16.5. The quantitative estimate of drug-likeness (QED) is 0.265. The maximum Gasteiger partial charge on any atom is 0.257 e. The van der Waals surface area contributed by atoms with Gasteiger partial charge in [0, 0.05) is 34.4 Å². The number of hydrogen-bond donors (Lipinski definition) is 3. The third-order valence-electron chi connectivity index (χ3n) is 5.55. The van der Waals surface area contributed by atoms with Crippen LogP contribution in [0.5, 0.6) is 0 Å². The van der Waals surface area contributed by atoms with Crippen molar-refractivity contribution in [2.75, 3.05) is 23.0 Å². The summed E-state index contributed by atoms with van der Waals surface area (Å²) >= 11 is 31.1. The topological polar surface area (TPSA) is 70.2 Å². The van der Waals surface area contributed by atoms with Crippen LogP contribution < -0.4 is 16.0 Å². The fourth-order valence-electron chi connectivity index (χ4n) is 3.81. The van der Waals surface area contributed by atoms with E-state index in [4.69, 9.17) is 58.0 Å². The van der Waals surface area contributed by atoms with Gasteiger partial charge in [-0.15, -0.1) is 23.2 Å². The van der Waals surface area contributed by atoms with Crippen LogP contribution in [0.4, 0.5) is 21.5 Å². The summed E-state index contributed by atoms with van der Waals surface area (Å²) in [5.41, 5.74) is 1.56. The van der Waals surface area contributed by atoms with Gasteiger partial charge >= 0.3 is 0 Å². The molecule has 1 saturated carbocycles. The number of nitrogens with one attached hydrogen (secondary N) is 3. The molecule has 0 heterocycles. The molecule has 182 valence electrons. The number of alkyl halides is 2. The summed E-state index contributed by atoms with van der Waals surface area (Å²) in [5.74, 6) is -2.85. The highest BCUT2D eigenvalue weighted by Crippen LogP contribution is 2.65. The number of rotatable bonds is 6. The third kappa shape index (κ3) is 5.47. The number of benzene rings is 3. The molecule has 0 aromatic heterocycles. The average Bonchev–Trinajstić information content (AvgIpc) is 3.36. The van der Waals surface area contributed by atoms with Crippen molar-refractivity contribution in [1.82, 2.24) is 0 Å². The first-order valence-corrected chi connectivity index (χ1v) is 12.1. The largest absolute Gasteiger partial charge is 0.386 e. The molecule has 11 heteroatoms. The van der Waals surface area contributed by atoms with Gasteiger partial charge in [0.2, 0.25) is 5.91 Å². The molecule has 35 heavy (non-hydrogen) atoms. The minimum Gasteiger partial charge on any atom is -0.386 e. The van der Waals surface area contributed by atoms with E-state index in [1.54, 1.807) is 31.3 Å². The van der Waals surface area contributed by atoms with E-state index in [1.807, 2.05) is 0 Å². The van der Waals surface area contributed by atoms with Crippen LogP contribution in [0.3, 0.4) is 0 Å². The lowest BCUT2D eigenvalue weighted by Gasteiger charge is -2.11. The van der Waals surface area contributed by atoms with Crippen LogP contribution in [0.1, 0.15) is 21.8 Å². The fourth-order valence-corrected chi connectivity index (χ4v) is 5.39. The molecule has 0 radical (unpaired) electrons. The van der Waals surface area contributed by atoms with Crippen LogP contribution in [0, 0.1) is 11.7 Å². The average molecular weight is 576 g/mol. The Hall–Kier alpha value is -2.22. The smallest absolute Gasteiger partial charge is 0.257 e. The first-order valence-electron chi connectivity index (χ1n) is 10.2. The third-order valence-corrected chi connectivity index (χ3v) is 7.26. The van der Waals surface area contributed by atoms with Crippen molar-refractivity contribution < 1.29 is 14.0 Å². The number of amides is 2. The van der Waals surface area contributed by atoms with Crippen molar-refractivity contribution in [2.45, 2.75) is 10.3 Å². The highest BCUT2D eigenvalue weighted by Gasteiger charge is 2.67. The minimum atomic E-state index is -1.35. The van der Waals surface area contributed by atoms with Crippen molar-refractivity contribution >= 4 is 86.9 Å². The van der Waals surface area contributed by atoms with E-state index in [1.165, 1.54) is 30.3 Å². The molecule has 0 unspecified atom stereocenters. The normalized spacial score (nSPS) is 18.0. The van der Waals surface area contributed by atoms with Crippen molar-refractivity contribution in [3.8, 4) is 0 Å². The summed E-state index contributed by atoms with van der Waals surface area (Å²) in [4.78, 5) is 25.7. The van der Waals surface area contributed by atoms with E-state index in [0.717, 1.165) is 0 Å². The maximum atomic E-state index is 14.0. The monoisotopic (exact) mass is 573 g/mol. The molecule has 1 aliphatic carbocycles. The summed E-state index contributed by atoms with van der Waals surface area (Å²) in [7, 11) is 1.59. The molecule has 2 atom stereocenters. The van der Waals surface area contributed by atoms with E-state index in [-0.39, 0.29) is 16.3 Å². The highest BCUT2D eigenvalue weighted by atomic mass is 35.5. The molecular weight excluding hydrogens is 559 g/mol. The van der Waals surface area contributed by atoms with Gasteiger partial charge in [0.1, 0.15) is 10.2 Å². The molecule has 3 N–H and O–H groups in total. The number of hydrogen-bond acceptors (Lipinski definition) is 3. The van der Waals surface area contributed by atoms with E-state index < -0.39 is 33.8 Å². The minimum absolute atomic E-state index is 0.0829. The predicted octanol–water partition coefficient (Wildman–Crippen LogP) is 7.61.